The quantitative estimate of drug-likeness (QED) is 0.424. The highest BCUT2D eigenvalue weighted by Gasteiger charge is 2.23. The Morgan fingerprint density at radius 1 is 1.16 bits per heavy atom. The number of hydrogen-bond donors (Lipinski definition) is 2. The Morgan fingerprint density at radius 3 is 2.25 bits per heavy atom. The molecule has 0 atom stereocenters. The van der Waals surface area contributed by atoms with Crippen molar-refractivity contribution in [3.05, 3.63) is 46.5 Å². The lowest BCUT2D eigenvalue weighted by molar-refractivity contribution is -0.152. The molecule has 1 aromatic heterocycles. The second kappa shape index (κ2) is 10.2. The molecule has 0 saturated carbocycles. The first-order valence-corrected chi connectivity index (χ1v) is 11.7. The third kappa shape index (κ3) is 7.47. The Hall–Kier alpha value is -2.15. The average molecular weight is 477 g/mol. The van der Waals surface area contributed by atoms with Gasteiger partial charge < -0.3 is 15.6 Å². The predicted octanol–water partition coefficient (Wildman–Crippen LogP) is 6.42. The fourth-order valence-corrected chi connectivity index (χ4v) is 3.99. The van der Waals surface area contributed by atoms with Crippen LogP contribution < -0.4 is 5.73 Å². The van der Waals surface area contributed by atoms with Crippen LogP contribution in [0, 0.1) is 12.3 Å². The predicted molar refractivity (Wildman–Crippen MR) is 135 cm³/mol. The Labute approximate surface area is 199 Å². The van der Waals surface area contributed by atoms with Crippen LogP contribution in [0.25, 0.3) is 21.3 Å². The van der Waals surface area contributed by atoms with Gasteiger partial charge in [-0.3, -0.25) is 4.79 Å². The standard InChI is InChI=1S/C21H23ClN2O2S.C4H10O/c1-12-11-16-18(27-20(23)24-16)17(13-5-7-14(22)8-6-13)15(12)9-10-26-19(25)21(2,3)4;1-4(2,3)5/h5-8,11H,9-10H2,1-4H3,(H2,23,24);5H,1-3H3. The minimum Gasteiger partial charge on any atom is -0.465 e. The first-order chi connectivity index (χ1) is 14.7. The number of carbonyl (C=O) groups is 1. The van der Waals surface area contributed by atoms with Crippen molar-refractivity contribution >= 4 is 44.3 Å². The van der Waals surface area contributed by atoms with E-state index in [9.17, 15) is 4.79 Å². The van der Waals surface area contributed by atoms with Gasteiger partial charge in [0.25, 0.3) is 0 Å². The summed E-state index contributed by atoms with van der Waals surface area (Å²) < 4.78 is 6.54. The number of aromatic nitrogens is 1. The van der Waals surface area contributed by atoms with E-state index >= 15 is 0 Å². The summed E-state index contributed by atoms with van der Waals surface area (Å²) in [5.41, 5.74) is 10.2. The number of carbonyl (C=O) groups excluding carboxylic acids is 1. The lowest BCUT2D eigenvalue weighted by Gasteiger charge is -2.18. The van der Waals surface area contributed by atoms with E-state index in [1.165, 1.54) is 11.3 Å². The van der Waals surface area contributed by atoms with Crippen molar-refractivity contribution in [3.63, 3.8) is 0 Å². The summed E-state index contributed by atoms with van der Waals surface area (Å²) in [4.78, 5) is 16.5. The van der Waals surface area contributed by atoms with Gasteiger partial charge in [-0.15, -0.1) is 0 Å². The SMILES string of the molecule is CC(C)(C)O.Cc1cc2nc(N)sc2c(-c2ccc(Cl)cc2)c1CCOC(=O)C(C)(C)C. The van der Waals surface area contributed by atoms with E-state index in [4.69, 9.17) is 27.2 Å². The molecule has 0 radical (unpaired) electrons. The number of halogens is 1. The number of hydrogen-bond acceptors (Lipinski definition) is 6. The first-order valence-electron chi connectivity index (χ1n) is 10.5. The number of anilines is 1. The Morgan fingerprint density at radius 2 is 1.72 bits per heavy atom. The second-order valence-corrected chi connectivity index (χ2v) is 11.2. The number of fused-ring (bicyclic) bond motifs is 1. The molecule has 0 amide bonds. The van der Waals surface area contributed by atoms with Gasteiger partial charge >= 0.3 is 5.97 Å². The maximum Gasteiger partial charge on any atom is 0.311 e. The van der Waals surface area contributed by atoms with E-state index in [0.717, 1.165) is 32.5 Å². The number of nitrogen functional groups attached to an aromatic ring is 1. The molecule has 3 N–H and O–H groups in total. The van der Waals surface area contributed by atoms with Gasteiger partial charge in [-0.05, 0) is 83.4 Å². The summed E-state index contributed by atoms with van der Waals surface area (Å²) in [6, 6.07) is 9.79. The highest BCUT2D eigenvalue weighted by atomic mass is 35.5. The summed E-state index contributed by atoms with van der Waals surface area (Å²) in [6.45, 7) is 13.2. The van der Waals surface area contributed by atoms with Crippen LogP contribution in [0.3, 0.4) is 0 Å². The van der Waals surface area contributed by atoms with E-state index in [2.05, 4.69) is 11.9 Å². The maximum absolute atomic E-state index is 12.1. The second-order valence-electron chi connectivity index (χ2n) is 9.76. The number of aliphatic hydroxyl groups is 1. The number of benzene rings is 2. The monoisotopic (exact) mass is 476 g/mol. The van der Waals surface area contributed by atoms with Crippen LogP contribution in [0.1, 0.15) is 52.7 Å². The number of nitrogens with two attached hydrogens (primary N) is 1. The molecule has 3 aromatic rings. The summed E-state index contributed by atoms with van der Waals surface area (Å²) in [7, 11) is 0. The van der Waals surface area contributed by atoms with E-state index in [1.807, 2.05) is 51.1 Å². The number of esters is 1. The van der Waals surface area contributed by atoms with E-state index in [0.29, 0.717) is 23.2 Å². The van der Waals surface area contributed by atoms with E-state index in [-0.39, 0.29) is 5.97 Å². The first kappa shape index (κ1) is 26.1. The van der Waals surface area contributed by atoms with Crippen molar-refractivity contribution in [2.45, 2.75) is 60.5 Å². The minimum atomic E-state index is -0.510. The van der Waals surface area contributed by atoms with Crippen LogP contribution in [0.4, 0.5) is 5.13 Å². The number of thiazole rings is 1. The van der Waals surface area contributed by atoms with Gasteiger partial charge in [0.1, 0.15) is 0 Å². The molecule has 7 heteroatoms. The van der Waals surface area contributed by atoms with Gasteiger partial charge in [0, 0.05) is 17.0 Å². The van der Waals surface area contributed by atoms with E-state index < -0.39 is 11.0 Å². The molecular weight excluding hydrogens is 444 g/mol. The van der Waals surface area contributed by atoms with Crippen molar-refractivity contribution < 1.29 is 14.6 Å². The molecule has 174 valence electrons. The fourth-order valence-electron chi connectivity index (χ4n) is 2.96. The largest absolute Gasteiger partial charge is 0.465 e. The molecule has 0 aliphatic rings. The van der Waals surface area contributed by atoms with Gasteiger partial charge in [0.2, 0.25) is 0 Å². The zero-order valence-electron chi connectivity index (χ0n) is 19.9. The molecule has 2 aromatic carbocycles. The maximum atomic E-state index is 12.1. The molecule has 0 spiro atoms. The van der Waals surface area contributed by atoms with Crippen LogP contribution in [-0.2, 0) is 16.0 Å². The van der Waals surface area contributed by atoms with Gasteiger partial charge in [-0.25, -0.2) is 4.98 Å². The van der Waals surface area contributed by atoms with Crippen molar-refractivity contribution in [2.75, 3.05) is 12.3 Å². The minimum absolute atomic E-state index is 0.198. The van der Waals surface area contributed by atoms with Gasteiger partial charge in [-0.2, -0.15) is 0 Å². The zero-order chi connectivity index (χ0) is 24.3. The highest BCUT2D eigenvalue weighted by molar-refractivity contribution is 7.22. The molecular formula is C25H33ClN2O3S. The normalized spacial score (nSPS) is 11.8. The average Bonchev–Trinajstić information content (AvgIpc) is 3.00. The van der Waals surface area contributed by atoms with Crippen molar-refractivity contribution in [2.24, 2.45) is 5.41 Å². The molecule has 0 aliphatic carbocycles. The Kier molecular flexibility index (Phi) is 8.32. The van der Waals surface area contributed by atoms with Crippen LogP contribution in [0.15, 0.2) is 30.3 Å². The molecule has 1 heterocycles. The smallest absolute Gasteiger partial charge is 0.311 e. The number of rotatable bonds is 4. The van der Waals surface area contributed by atoms with Gasteiger partial charge in [0.05, 0.1) is 27.8 Å². The molecule has 3 rings (SSSR count). The summed E-state index contributed by atoms with van der Waals surface area (Å²) >= 11 is 7.54. The Balaban J connectivity index is 0.000000654. The third-order valence-electron chi connectivity index (χ3n) is 4.36. The Bertz CT molecular complexity index is 1070. The molecule has 0 unspecified atom stereocenters. The topological polar surface area (TPSA) is 85.4 Å². The molecule has 32 heavy (non-hydrogen) atoms. The van der Waals surface area contributed by atoms with E-state index in [1.54, 1.807) is 20.8 Å². The van der Waals surface area contributed by atoms with Crippen molar-refractivity contribution in [1.29, 1.82) is 0 Å². The van der Waals surface area contributed by atoms with Crippen molar-refractivity contribution in [3.8, 4) is 11.1 Å². The lowest BCUT2D eigenvalue weighted by atomic mass is 9.93. The lowest BCUT2D eigenvalue weighted by Crippen LogP contribution is -2.23. The zero-order valence-corrected chi connectivity index (χ0v) is 21.4. The molecule has 0 saturated heterocycles. The summed E-state index contributed by atoms with van der Waals surface area (Å²) in [5, 5.41) is 9.75. The molecule has 0 bridgehead atoms. The van der Waals surface area contributed by atoms with Crippen LogP contribution in [-0.4, -0.2) is 28.3 Å². The van der Waals surface area contributed by atoms with Crippen LogP contribution >= 0.6 is 22.9 Å². The number of nitrogens with zero attached hydrogens (tertiary/aromatic N) is 1. The van der Waals surface area contributed by atoms with Gasteiger partial charge in [-0.1, -0.05) is 35.1 Å². The number of aryl methyl sites for hydroxylation is 1. The molecule has 0 aliphatic heterocycles. The van der Waals surface area contributed by atoms with Crippen LogP contribution in [0.2, 0.25) is 5.02 Å². The van der Waals surface area contributed by atoms with Crippen LogP contribution in [0.5, 0.6) is 0 Å². The summed E-state index contributed by atoms with van der Waals surface area (Å²) in [5.74, 6) is -0.198. The summed E-state index contributed by atoms with van der Waals surface area (Å²) in [6.07, 6.45) is 0.624. The fraction of sp³-hybridized carbons (Fsp3) is 0.440. The molecule has 0 fully saturated rings. The molecule has 5 nitrogen and oxygen atoms in total. The third-order valence-corrected chi connectivity index (χ3v) is 5.53. The van der Waals surface area contributed by atoms with Crippen molar-refractivity contribution in [1.82, 2.24) is 4.98 Å². The number of ether oxygens (including phenoxy) is 1. The van der Waals surface area contributed by atoms with Gasteiger partial charge in [0.15, 0.2) is 5.13 Å². The highest BCUT2D eigenvalue weighted by Crippen LogP contribution is 2.39.